The van der Waals surface area contributed by atoms with Crippen LogP contribution in [0.3, 0.4) is 0 Å². The molecule has 0 aromatic rings. The summed E-state index contributed by atoms with van der Waals surface area (Å²) < 4.78 is 10.4. The summed E-state index contributed by atoms with van der Waals surface area (Å²) in [7, 11) is -1.28. The Bertz CT molecular complexity index is 228. The maximum Gasteiger partial charge on any atom is 0.398 e. The second-order valence-corrected chi connectivity index (χ2v) is 9.48. The maximum atomic E-state index is 5.18. The largest absolute Gasteiger partial charge is 0.398 e. The number of hydrogen-bond donors (Lipinski definition) is 0. The maximum absolute atomic E-state index is 5.18. The van der Waals surface area contributed by atoms with Crippen LogP contribution in [0, 0.1) is 10.8 Å². The molecule has 1 aliphatic heterocycles. The van der Waals surface area contributed by atoms with E-state index in [4.69, 9.17) is 9.15 Å². The zero-order valence-electron chi connectivity index (χ0n) is 10.0. The van der Waals surface area contributed by atoms with Gasteiger partial charge in [0.05, 0.1) is 0 Å². The van der Waals surface area contributed by atoms with E-state index in [9.17, 15) is 0 Å². The standard InChI is InChI=1S/C11H22O2Si/c1-9(2)6-10(3,4)8-11(5,7-9)14-12-13-14/h14H,6-8H2,1-5H3. The minimum absolute atomic E-state index is 0.352. The molecule has 0 aromatic heterocycles. The molecule has 0 atom stereocenters. The Balaban J connectivity index is 2.19. The summed E-state index contributed by atoms with van der Waals surface area (Å²) in [6, 6.07) is 0. The molecule has 3 heteroatoms. The van der Waals surface area contributed by atoms with E-state index < -0.39 is 9.28 Å². The minimum Gasteiger partial charge on any atom is -0.260 e. The van der Waals surface area contributed by atoms with Gasteiger partial charge in [-0.1, -0.05) is 34.6 Å². The minimum atomic E-state index is -1.28. The fraction of sp³-hybridized carbons (Fsp3) is 1.00. The molecule has 2 fully saturated rings. The quantitative estimate of drug-likeness (QED) is 0.380. The highest BCUT2D eigenvalue weighted by Gasteiger charge is 2.56. The second-order valence-electron chi connectivity index (χ2n) is 7.04. The van der Waals surface area contributed by atoms with Crippen molar-refractivity contribution in [2.24, 2.45) is 10.8 Å². The third-order valence-corrected chi connectivity index (χ3v) is 5.41. The molecule has 1 heterocycles. The van der Waals surface area contributed by atoms with E-state index in [-0.39, 0.29) is 0 Å². The van der Waals surface area contributed by atoms with Crippen molar-refractivity contribution in [1.82, 2.24) is 0 Å². The highest BCUT2D eigenvalue weighted by atomic mass is 28.3. The summed E-state index contributed by atoms with van der Waals surface area (Å²) in [5.74, 6) is 0. The van der Waals surface area contributed by atoms with Crippen LogP contribution >= 0.6 is 0 Å². The molecule has 14 heavy (non-hydrogen) atoms. The molecule has 0 bridgehead atoms. The smallest absolute Gasteiger partial charge is 0.260 e. The molecule has 0 amide bonds. The summed E-state index contributed by atoms with van der Waals surface area (Å²) in [6.07, 6.45) is 3.84. The van der Waals surface area contributed by atoms with E-state index in [1.54, 1.807) is 0 Å². The Morgan fingerprint density at radius 1 is 0.786 bits per heavy atom. The summed E-state index contributed by atoms with van der Waals surface area (Å²) in [6.45, 7) is 11.9. The zero-order chi connectivity index (χ0) is 10.6. The molecule has 0 radical (unpaired) electrons. The van der Waals surface area contributed by atoms with Crippen molar-refractivity contribution in [2.75, 3.05) is 0 Å². The summed E-state index contributed by atoms with van der Waals surface area (Å²) in [5.41, 5.74) is 0.887. The molecule has 0 unspecified atom stereocenters. The second kappa shape index (κ2) is 2.83. The van der Waals surface area contributed by atoms with Crippen LogP contribution in [0.4, 0.5) is 0 Å². The van der Waals surface area contributed by atoms with Crippen LogP contribution in [0.2, 0.25) is 5.04 Å². The van der Waals surface area contributed by atoms with Crippen LogP contribution in [-0.2, 0) is 9.15 Å². The molecule has 2 aliphatic rings. The summed E-state index contributed by atoms with van der Waals surface area (Å²) >= 11 is 0. The van der Waals surface area contributed by atoms with Crippen LogP contribution < -0.4 is 0 Å². The van der Waals surface area contributed by atoms with Crippen LogP contribution in [-0.4, -0.2) is 9.28 Å². The first kappa shape index (κ1) is 10.6. The predicted molar refractivity (Wildman–Crippen MR) is 59.1 cm³/mol. The molecule has 82 valence electrons. The van der Waals surface area contributed by atoms with Crippen LogP contribution in [0.1, 0.15) is 53.9 Å². The topological polar surface area (TPSA) is 25.1 Å². The highest BCUT2D eigenvalue weighted by Crippen LogP contribution is 2.61. The zero-order valence-corrected chi connectivity index (χ0v) is 11.2. The fourth-order valence-corrected chi connectivity index (χ4v) is 6.22. The van der Waals surface area contributed by atoms with Gasteiger partial charge in [0.25, 0.3) is 0 Å². The Morgan fingerprint density at radius 2 is 1.21 bits per heavy atom. The lowest BCUT2D eigenvalue weighted by Gasteiger charge is -2.49. The average molecular weight is 214 g/mol. The van der Waals surface area contributed by atoms with Crippen molar-refractivity contribution >= 4 is 9.28 Å². The van der Waals surface area contributed by atoms with E-state index in [0.29, 0.717) is 15.9 Å². The Hall–Kier alpha value is 0.137. The SMILES string of the molecule is CC1(C)CC(C)(C)CC(C)([SiH]2OO2)C1. The molecule has 1 saturated heterocycles. The normalized spacial score (nSPS) is 34.1. The molecule has 2 nitrogen and oxygen atoms in total. The lowest BCUT2D eigenvalue weighted by Crippen LogP contribution is -2.39. The molecule has 2 rings (SSSR count). The Kier molecular flexibility index (Phi) is 2.15. The van der Waals surface area contributed by atoms with Crippen molar-refractivity contribution in [3.63, 3.8) is 0 Å². The summed E-state index contributed by atoms with van der Waals surface area (Å²) in [4.78, 5) is 0. The van der Waals surface area contributed by atoms with E-state index >= 15 is 0 Å². The Labute approximate surface area is 88.8 Å². The van der Waals surface area contributed by atoms with Gasteiger partial charge >= 0.3 is 9.28 Å². The van der Waals surface area contributed by atoms with Gasteiger partial charge in [-0.2, -0.15) is 0 Å². The van der Waals surface area contributed by atoms with Gasteiger partial charge in [-0.15, -0.1) is 0 Å². The first-order valence-electron chi connectivity index (χ1n) is 5.55. The number of hydrogen-bond acceptors (Lipinski definition) is 2. The molecule has 0 N–H and O–H groups in total. The lowest BCUT2D eigenvalue weighted by atomic mass is 9.61. The molecule has 1 aliphatic carbocycles. The van der Waals surface area contributed by atoms with E-state index in [1.807, 2.05) is 0 Å². The van der Waals surface area contributed by atoms with E-state index in [1.165, 1.54) is 19.3 Å². The lowest BCUT2D eigenvalue weighted by molar-refractivity contribution is 0.0803. The van der Waals surface area contributed by atoms with Crippen molar-refractivity contribution in [3.8, 4) is 0 Å². The third kappa shape index (κ3) is 2.04. The third-order valence-electron chi connectivity index (χ3n) is 3.48. The Morgan fingerprint density at radius 3 is 1.57 bits per heavy atom. The van der Waals surface area contributed by atoms with Gasteiger partial charge in [-0.25, -0.2) is 0 Å². The van der Waals surface area contributed by atoms with E-state index in [2.05, 4.69) is 34.6 Å². The van der Waals surface area contributed by atoms with Crippen molar-refractivity contribution in [3.05, 3.63) is 0 Å². The summed E-state index contributed by atoms with van der Waals surface area (Å²) in [5, 5.41) is 0.352. The fourth-order valence-electron chi connectivity index (χ4n) is 4.10. The molecule has 0 aromatic carbocycles. The molecular formula is C11H22O2Si. The van der Waals surface area contributed by atoms with Crippen LogP contribution in [0.25, 0.3) is 0 Å². The average Bonchev–Trinajstić information content (AvgIpc) is 2.53. The highest BCUT2D eigenvalue weighted by molar-refractivity contribution is 6.53. The van der Waals surface area contributed by atoms with Gasteiger partial charge in [0.1, 0.15) is 0 Å². The van der Waals surface area contributed by atoms with Gasteiger partial charge in [-0.05, 0) is 30.1 Å². The van der Waals surface area contributed by atoms with Crippen molar-refractivity contribution < 1.29 is 9.15 Å². The van der Waals surface area contributed by atoms with Gasteiger partial charge < -0.3 is 0 Å². The monoisotopic (exact) mass is 214 g/mol. The molecule has 1 saturated carbocycles. The van der Waals surface area contributed by atoms with Gasteiger partial charge in [0, 0.05) is 5.04 Å². The van der Waals surface area contributed by atoms with Crippen LogP contribution in [0.15, 0.2) is 0 Å². The first-order chi connectivity index (χ1) is 6.23. The van der Waals surface area contributed by atoms with Crippen LogP contribution in [0.5, 0.6) is 0 Å². The molecular weight excluding hydrogens is 192 g/mol. The van der Waals surface area contributed by atoms with Crippen molar-refractivity contribution in [2.45, 2.75) is 58.9 Å². The number of rotatable bonds is 1. The van der Waals surface area contributed by atoms with Gasteiger partial charge in [0.2, 0.25) is 0 Å². The molecule has 0 spiro atoms. The van der Waals surface area contributed by atoms with Gasteiger partial charge in [-0.3, -0.25) is 9.15 Å². The van der Waals surface area contributed by atoms with Crippen molar-refractivity contribution in [1.29, 1.82) is 0 Å². The predicted octanol–water partition coefficient (Wildman–Crippen LogP) is 3.17. The first-order valence-corrected chi connectivity index (χ1v) is 7.07. The van der Waals surface area contributed by atoms with E-state index in [0.717, 1.165) is 0 Å². The van der Waals surface area contributed by atoms with Gasteiger partial charge in [0.15, 0.2) is 0 Å².